The highest BCUT2D eigenvalue weighted by atomic mass is 16.5. The van der Waals surface area contributed by atoms with Crippen molar-refractivity contribution in [3.05, 3.63) is 54.1 Å². The predicted molar refractivity (Wildman–Crippen MR) is 111 cm³/mol. The van der Waals surface area contributed by atoms with E-state index in [4.69, 9.17) is 9.47 Å². The van der Waals surface area contributed by atoms with Crippen LogP contribution in [0.5, 0.6) is 11.5 Å². The molecular weight excluding hydrogens is 382 g/mol. The minimum absolute atomic E-state index is 0.135. The highest BCUT2D eigenvalue weighted by Crippen LogP contribution is 2.49. The van der Waals surface area contributed by atoms with Gasteiger partial charge in [0.15, 0.2) is 0 Å². The van der Waals surface area contributed by atoms with Gasteiger partial charge in [0.2, 0.25) is 5.91 Å². The molecule has 3 fully saturated rings. The molecule has 2 aromatic rings. The molecule has 2 aromatic carbocycles. The summed E-state index contributed by atoms with van der Waals surface area (Å²) in [5.74, 6) is 0.804. The van der Waals surface area contributed by atoms with Crippen LogP contribution in [0.15, 0.2) is 48.5 Å². The Morgan fingerprint density at radius 2 is 1.50 bits per heavy atom. The van der Waals surface area contributed by atoms with Gasteiger partial charge in [0.25, 0.3) is 5.91 Å². The Kier molecular flexibility index (Phi) is 4.72. The average molecular weight is 407 g/mol. The monoisotopic (exact) mass is 407 g/mol. The third kappa shape index (κ3) is 2.80. The SMILES string of the molecule is CCOc1ccc(N2C(=O)[C@H]3[C@@H](C2=O)N2CCCN2[C@H]3c2ccc(OC)cc2)cc1. The number of hydrogen-bond donors (Lipinski definition) is 0. The summed E-state index contributed by atoms with van der Waals surface area (Å²) in [7, 11) is 1.64. The molecule has 7 heteroatoms. The minimum atomic E-state index is -0.446. The van der Waals surface area contributed by atoms with E-state index in [1.54, 1.807) is 31.4 Å². The second-order valence-corrected chi connectivity index (χ2v) is 7.81. The molecule has 3 heterocycles. The topological polar surface area (TPSA) is 62.3 Å². The maximum atomic E-state index is 13.5. The van der Waals surface area contributed by atoms with Crippen LogP contribution in [-0.4, -0.2) is 54.7 Å². The molecule has 3 aliphatic heterocycles. The first-order chi connectivity index (χ1) is 14.6. The van der Waals surface area contributed by atoms with Crippen molar-refractivity contribution in [3.63, 3.8) is 0 Å². The smallest absolute Gasteiger partial charge is 0.253 e. The fourth-order valence-corrected chi connectivity index (χ4v) is 5.03. The molecule has 0 saturated carbocycles. The molecule has 2 amide bonds. The van der Waals surface area contributed by atoms with Crippen molar-refractivity contribution < 1.29 is 19.1 Å². The highest BCUT2D eigenvalue weighted by molar-refractivity contribution is 6.24. The third-order valence-corrected chi connectivity index (χ3v) is 6.27. The van der Waals surface area contributed by atoms with E-state index in [0.29, 0.717) is 12.3 Å². The molecule has 3 atom stereocenters. The van der Waals surface area contributed by atoms with Crippen LogP contribution in [-0.2, 0) is 9.59 Å². The maximum absolute atomic E-state index is 13.5. The molecule has 3 saturated heterocycles. The Bertz CT molecular complexity index is 959. The number of carbonyl (C=O) groups is 2. The summed E-state index contributed by atoms with van der Waals surface area (Å²) in [6.07, 6.45) is 0.987. The van der Waals surface area contributed by atoms with Crippen LogP contribution in [0.25, 0.3) is 0 Å². The van der Waals surface area contributed by atoms with Crippen LogP contribution in [0.1, 0.15) is 24.9 Å². The van der Waals surface area contributed by atoms with Gasteiger partial charge in [0, 0.05) is 13.1 Å². The largest absolute Gasteiger partial charge is 0.497 e. The quantitative estimate of drug-likeness (QED) is 0.710. The van der Waals surface area contributed by atoms with Crippen molar-refractivity contribution in [2.24, 2.45) is 5.92 Å². The molecule has 0 N–H and O–H groups in total. The second kappa shape index (κ2) is 7.41. The van der Waals surface area contributed by atoms with Gasteiger partial charge in [0.05, 0.1) is 31.4 Å². The van der Waals surface area contributed by atoms with Gasteiger partial charge in [-0.25, -0.2) is 14.9 Å². The number of fused-ring (bicyclic) bond motifs is 3. The van der Waals surface area contributed by atoms with Crippen LogP contribution in [0.4, 0.5) is 5.69 Å². The summed E-state index contributed by atoms with van der Waals surface area (Å²) in [5, 5.41) is 4.32. The van der Waals surface area contributed by atoms with E-state index < -0.39 is 12.0 Å². The zero-order chi connectivity index (χ0) is 20.8. The lowest BCUT2D eigenvalue weighted by atomic mass is 9.90. The number of hydrazine groups is 1. The number of ether oxygens (including phenoxy) is 2. The molecule has 0 unspecified atom stereocenters. The molecule has 156 valence electrons. The normalized spacial score (nSPS) is 26.2. The van der Waals surface area contributed by atoms with E-state index in [0.717, 1.165) is 36.6 Å². The van der Waals surface area contributed by atoms with Gasteiger partial charge in [-0.15, -0.1) is 0 Å². The first kappa shape index (κ1) is 19.1. The summed E-state index contributed by atoms with van der Waals surface area (Å²) in [6, 6.07) is 14.4. The molecule has 0 aromatic heterocycles. The minimum Gasteiger partial charge on any atom is -0.497 e. The Morgan fingerprint density at radius 3 is 2.13 bits per heavy atom. The standard InChI is InChI=1S/C23H25N3O4/c1-3-30-18-11-7-16(8-12-18)26-22(27)19-20(15-5-9-17(29-2)10-6-15)24-13-4-14-25(24)21(19)23(26)28/h5-12,19-21H,3-4,13-14H2,1-2H3/t19-,20+,21+/m1/s1. The molecule has 0 aliphatic carbocycles. The first-order valence-electron chi connectivity index (χ1n) is 10.4. The molecule has 7 nitrogen and oxygen atoms in total. The van der Waals surface area contributed by atoms with Crippen LogP contribution >= 0.6 is 0 Å². The van der Waals surface area contributed by atoms with Crippen LogP contribution in [0.3, 0.4) is 0 Å². The fraction of sp³-hybridized carbons (Fsp3) is 0.391. The lowest BCUT2D eigenvalue weighted by molar-refractivity contribution is -0.126. The van der Waals surface area contributed by atoms with Crippen molar-refractivity contribution in [3.8, 4) is 11.5 Å². The number of methoxy groups -OCH3 is 1. The first-order valence-corrected chi connectivity index (χ1v) is 10.4. The van der Waals surface area contributed by atoms with Crippen LogP contribution in [0, 0.1) is 5.92 Å². The van der Waals surface area contributed by atoms with Gasteiger partial charge < -0.3 is 9.47 Å². The van der Waals surface area contributed by atoms with E-state index in [2.05, 4.69) is 10.0 Å². The number of rotatable bonds is 5. The second-order valence-electron chi connectivity index (χ2n) is 7.81. The van der Waals surface area contributed by atoms with Gasteiger partial charge in [0.1, 0.15) is 17.5 Å². The lowest BCUT2D eigenvalue weighted by Gasteiger charge is -2.29. The third-order valence-electron chi connectivity index (χ3n) is 6.27. The van der Waals surface area contributed by atoms with Crippen molar-refractivity contribution in [2.75, 3.05) is 31.7 Å². The fourth-order valence-electron chi connectivity index (χ4n) is 5.03. The van der Waals surface area contributed by atoms with Gasteiger partial charge in [-0.3, -0.25) is 9.59 Å². The molecule has 0 radical (unpaired) electrons. The number of nitrogens with zero attached hydrogens (tertiary/aromatic N) is 3. The van der Waals surface area contributed by atoms with E-state index in [9.17, 15) is 9.59 Å². The number of amides is 2. The highest BCUT2D eigenvalue weighted by Gasteiger charge is 2.62. The van der Waals surface area contributed by atoms with Crippen molar-refractivity contribution >= 4 is 17.5 Å². The zero-order valence-corrected chi connectivity index (χ0v) is 17.2. The van der Waals surface area contributed by atoms with Crippen molar-refractivity contribution in [2.45, 2.75) is 25.4 Å². The molecule has 30 heavy (non-hydrogen) atoms. The Labute approximate surface area is 175 Å². The average Bonchev–Trinajstić information content (AvgIpc) is 3.41. The summed E-state index contributed by atoms with van der Waals surface area (Å²) in [5.41, 5.74) is 1.63. The number of imide groups is 1. The van der Waals surface area contributed by atoms with E-state index in [1.165, 1.54) is 4.90 Å². The van der Waals surface area contributed by atoms with Crippen molar-refractivity contribution in [1.82, 2.24) is 10.0 Å². The number of carbonyl (C=O) groups excluding carboxylic acids is 2. The van der Waals surface area contributed by atoms with Gasteiger partial charge in [-0.05, 0) is 55.3 Å². The number of anilines is 1. The van der Waals surface area contributed by atoms with Crippen LogP contribution in [0.2, 0.25) is 0 Å². The summed E-state index contributed by atoms with van der Waals surface area (Å²) >= 11 is 0. The van der Waals surface area contributed by atoms with E-state index >= 15 is 0 Å². The number of benzene rings is 2. The Balaban J connectivity index is 1.50. The van der Waals surface area contributed by atoms with E-state index in [-0.39, 0.29) is 17.9 Å². The van der Waals surface area contributed by atoms with Crippen molar-refractivity contribution in [1.29, 1.82) is 0 Å². The predicted octanol–water partition coefficient (Wildman–Crippen LogP) is 2.63. The van der Waals surface area contributed by atoms with Crippen LogP contribution < -0.4 is 14.4 Å². The molecule has 3 aliphatic rings. The summed E-state index contributed by atoms with van der Waals surface area (Å²) < 4.78 is 10.8. The molecule has 0 bridgehead atoms. The molecule has 5 rings (SSSR count). The zero-order valence-electron chi connectivity index (χ0n) is 17.2. The Hall–Kier alpha value is -2.90. The van der Waals surface area contributed by atoms with Gasteiger partial charge >= 0.3 is 0 Å². The Morgan fingerprint density at radius 1 is 0.867 bits per heavy atom. The maximum Gasteiger partial charge on any atom is 0.253 e. The molecule has 0 spiro atoms. The van der Waals surface area contributed by atoms with Gasteiger partial charge in [-0.2, -0.15) is 0 Å². The van der Waals surface area contributed by atoms with Gasteiger partial charge in [-0.1, -0.05) is 12.1 Å². The lowest BCUT2D eigenvalue weighted by Crippen LogP contribution is -2.44. The summed E-state index contributed by atoms with van der Waals surface area (Å²) in [4.78, 5) is 28.3. The number of hydrogen-bond acceptors (Lipinski definition) is 6. The summed E-state index contributed by atoms with van der Waals surface area (Å²) in [6.45, 7) is 4.14. The molecular formula is C23H25N3O4. The van der Waals surface area contributed by atoms with E-state index in [1.807, 2.05) is 31.2 Å².